The van der Waals surface area contributed by atoms with E-state index in [4.69, 9.17) is 4.74 Å². The number of allylic oxidation sites excluding steroid dienone is 1. The summed E-state index contributed by atoms with van der Waals surface area (Å²) in [5, 5.41) is 0. The first kappa shape index (κ1) is 20.6. The Labute approximate surface area is 179 Å². The smallest absolute Gasteiger partial charge is 0.131 e. The highest BCUT2D eigenvalue weighted by Gasteiger charge is 2.21. The van der Waals surface area contributed by atoms with E-state index in [2.05, 4.69) is 55.1 Å². The molecule has 0 atom stereocenters. The minimum Gasteiger partial charge on any atom is -0.380 e. The molecule has 0 spiro atoms. The van der Waals surface area contributed by atoms with E-state index in [9.17, 15) is 4.39 Å². The van der Waals surface area contributed by atoms with Crippen LogP contribution in [0.25, 0.3) is 22.3 Å². The van der Waals surface area contributed by atoms with Gasteiger partial charge in [-0.1, -0.05) is 66.7 Å². The number of hydrogen-bond acceptors (Lipinski definition) is 1. The molecule has 0 bridgehead atoms. The maximum atomic E-state index is 14.9. The topological polar surface area (TPSA) is 9.23 Å². The van der Waals surface area contributed by atoms with Crippen molar-refractivity contribution < 1.29 is 9.13 Å². The lowest BCUT2D eigenvalue weighted by Crippen LogP contribution is -2.11. The highest BCUT2D eigenvalue weighted by atomic mass is 19.1. The Morgan fingerprint density at radius 3 is 2.03 bits per heavy atom. The van der Waals surface area contributed by atoms with Gasteiger partial charge in [0.05, 0.1) is 6.61 Å². The molecule has 0 aromatic heterocycles. The van der Waals surface area contributed by atoms with Crippen LogP contribution in [0.3, 0.4) is 0 Å². The van der Waals surface area contributed by atoms with Gasteiger partial charge in [0.25, 0.3) is 0 Å². The van der Waals surface area contributed by atoms with Crippen molar-refractivity contribution in [2.24, 2.45) is 5.92 Å². The normalized spacial score (nSPS) is 18.9. The zero-order valence-electron chi connectivity index (χ0n) is 17.6. The van der Waals surface area contributed by atoms with Crippen LogP contribution in [-0.4, -0.2) is 7.11 Å². The summed E-state index contributed by atoms with van der Waals surface area (Å²) in [6, 6.07) is 22.3. The van der Waals surface area contributed by atoms with Gasteiger partial charge in [-0.15, -0.1) is 6.58 Å². The second-order valence-corrected chi connectivity index (χ2v) is 8.29. The molecule has 1 saturated carbocycles. The van der Waals surface area contributed by atoms with Gasteiger partial charge < -0.3 is 4.74 Å². The molecule has 3 aromatic rings. The SMILES string of the molecule is C=C[C@H]1CC[C@H](c2ccc(-c3ccc(-c4ccc(COC)cc4)cc3)c(F)c2)CC1. The quantitative estimate of drug-likeness (QED) is 0.384. The maximum Gasteiger partial charge on any atom is 0.131 e. The lowest BCUT2D eigenvalue weighted by molar-refractivity contribution is 0.185. The Balaban J connectivity index is 1.49. The summed E-state index contributed by atoms with van der Waals surface area (Å²) in [6.07, 6.45) is 6.62. The number of rotatable bonds is 6. The molecule has 4 rings (SSSR count). The van der Waals surface area contributed by atoms with Crippen molar-refractivity contribution in [1.82, 2.24) is 0 Å². The fourth-order valence-electron chi connectivity index (χ4n) is 4.51. The molecule has 1 nitrogen and oxygen atoms in total. The Bertz CT molecular complexity index is 980. The summed E-state index contributed by atoms with van der Waals surface area (Å²) in [7, 11) is 1.70. The molecule has 0 N–H and O–H groups in total. The average molecular weight is 401 g/mol. The van der Waals surface area contributed by atoms with Crippen LogP contribution in [0, 0.1) is 11.7 Å². The molecule has 0 saturated heterocycles. The molecule has 1 aliphatic carbocycles. The van der Waals surface area contributed by atoms with Crippen LogP contribution in [0.1, 0.15) is 42.7 Å². The zero-order chi connectivity index (χ0) is 20.9. The van der Waals surface area contributed by atoms with Crippen molar-refractivity contribution in [2.75, 3.05) is 7.11 Å². The molecule has 1 aliphatic rings. The fraction of sp³-hybridized carbons (Fsp3) is 0.286. The van der Waals surface area contributed by atoms with Gasteiger partial charge in [0, 0.05) is 12.7 Å². The van der Waals surface area contributed by atoms with E-state index in [1.165, 1.54) is 0 Å². The van der Waals surface area contributed by atoms with E-state index < -0.39 is 0 Å². The lowest BCUT2D eigenvalue weighted by Gasteiger charge is -2.27. The van der Waals surface area contributed by atoms with Crippen LogP contribution in [0.5, 0.6) is 0 Å². The first-order chi connectivity index (χ1) is 14.7. The van der Waals surface area contributed by atoms with Crippen molar-refractivity contribution in [1.29, 1.82) is 0 Å². The number of ether oxygens (including phenoxy) is 1. The standard InChI is InChI=1S/C28H29FO/c1-3-20-4-8-24(9-5-20)26-16-17-27(28(29)18-26)25-14-12-23(13-15-25)22-10-6-21(7-11-22)19-30-2/h3,6-7,10-18,20,24H,1,4-5,8-9,19H2,2H3/t20-,24-. The minimum absolute atomic E-state index is 0.130. The van der Waals surface area contributed by atoms with Gasteiger partial charge in [0.2, 0.25) is 0 Å². The molecule has 1 fully saturated rings. The fourth-order valence-corrected chi connectivity index (χ4v) is 4.51. The predicted molar refractivity (Wildman–Crippen MR) is 123 cm³/mol. The minimum atomic E-state index is -0.130. The van der Waals surface area contributed by atoms with Crippen LogP contribution < -0.4 is 0 Å². The zero-order valence-corrected chi connectivity index (χ0v) is 17.6. The van der Waals surface area contributed by atoms with E-state index in [0.717, 1.165) is 53.5 Å². The molecule has 154 valence electrons. The molecule has 3 aromatic carbocycles. The van der Waals surface area contributed by atoms with Crippen molar-refractivity contribution >= 4 is 0 Å². The Hall–Kier alpha value is -2.71. The molecule has 2 heteroatoms. The van der Waals surface area contributed by atoms with Crippen LogP contribution in [-0.2, 0) is 11.3 Å². The largest absolute Gasteiger partial charge is 0.380 e. The second kappa shape index (κ2) is 9.40. The highest BCUT2D eigenvalue weighted by molar-refractivity contribution is 5.71. The number of halogens is 1. The average Bonchev–Trinajstić information content (AvgIpc) is 2.80. The van der Waals surface area contributed by atoms with Gasteiger partial charge in [-0.05, 0) is 71.4 Å². The maximum absolute atomic E-state index is 14.9. The van der Waals surface area contributed by atoms with Gasteiger partial charge in [0.1, 0.15) is 5.82 Å². The highest BCUT2D eigenvalue weighted by Crippen LogP contribution is 2.37. The molecule has 0 amide bonds. The monoisotopic (exact) mass is 400 g/mol. The second-order valence-electron chi connectivity index (χ2n) is 8.29. The first-order valence-electron chi connectivity index (χ1n) is 10.8. The summed E-state index contributed by atoms with van der Waals surface area (Å²) >= 11 is 0. The van der Waals surface area contributed by atoms with E-state index in [-0.39, 0.29) is 5.82 Å². The predicted octanol–water partition coefficient (Wildman–Crippen LogP) is 7.77. The van der Waals surface area contributed by atoms with Crippen molar-refractivity contribution in [3.05, 3.63) is 96.3 Å². The van der Waals surface area contributed by atoms with Crippen molar-refractivity contribution in [3.8, 4) is 22.3 Å². The summed E-state index contributed by atoms with van der Waals surface area (Å²) < 4.78 is 20.1. The van der Waals surface area contributed by atoms with Crippen molar-refractivity contribution in [2.45, 2.75) is 38.2 Å². The third-order valence-corrected chi connectivity index (χ3v) is 6.36. The first-order valence-corrected chi connectivity index (χ1v) is 10.8. The summed E-state index contributed by atoms with van der Waals surface area (Å²) in [6.45, 7) is 4.53. The van der Waals surface area contributed by atoms with Crippen LogP contribution in [0.15, 0.2) is 79.4 Å². The van der Waals surface area contributed by atoms with E-state index in [1.54, 1.807) is 13.2 Å². The van der Waals surface area contributed by atoms with Gasteiger partial charge >= 0.3 is 0 Å². The van der Waals surface area contributed by atoms with E-state index >= 15 is 0 Å². The lowest BCUT2D eigenvalue weighted by atomic mass is 9.78. The Morgan fingerprint density at radius 2 is 1.47 bits per heavy atom. The molecule has 30 heavy (non-hydrogen) atoms. The molecule has 0 unspecified atom stereocenters. The third-order valence-electron chi connectivity index (χ3n) is 6.36. The molecule has 0 aliphatic heterocycles. The summed E-state index contributed by atoms with van der Waals surface area (Å²) in [4.78, 5) is 0. The molecule has 0 radical (unpaired) electrons. The van der Waals surface area contributed by atoms with Crippen LogP contribution in [0.2, 0.25) is 0 Å². The third kappa shape index (κ3) is 4.55. The van der Waals surface area contributed by atoms with Gasteiger partial charge in [-0.2, -0.15) is 0 Å². The van der Waals surface area contributed by atoms with Crippen LogP contribution in [0.4, 0.5) is 4.39 Å². The Kier molecular flexibility index (Phi) is 6.44. The summed E-state index contributed by atoms with van der Waals surface area (Å²) in [5.74, 6) is 0.961. The summed E-state index contributed by atoms with van der Waals surface area (Å²) in [5.41, 5.74) is 6.13. The molecular weight excluding hydrogens is 371 g/mol. The number of hydrogen-bond donors (Lipinski definition) is 0. The Morgan fingerprint density at radius 1 is 0.867 bits per heavy atom. The molecular formula is C28H29FO. The van der Waals surface area contributed by atoms with Gasteiger partial charge in [0.15, 0.2) is 0 Å². The van der Waals surface area contributed by atoms with Gasteiger partial charge in [-0.25, -0.2) is 4.39 Å². The van der Waals surface area contributed by atoms with Crippen LogP contribution >= 0.6 is 0 Å². The van der Waals surface area contributed by atoms with E-state index in [1.807, 2.05) is 18.2 Å². The molecule has 0 heterocycles. The van der Waals surface area contributed by atoms with Gasteiger partial charge in [-0.3, -0.25) is 0 Å². The van der Waals surface area contributed by atoms with Crippen molar-refractivity contribution in [3.63, 3.8) is 0 Å². The number of benzene rings is 3. The number of methoxy groups -OCH3 is 1. The van der Waals surface area contributed by atoms with E-state index in [0.29, 0.717) is 24.0 Å².